The molecule has 1 amide bonds. The summed E-state index contributed by atoms with van der Waals surface area (Å²) in [6.45, 7) is 2.43. The number of carbonyl (C=O) groups excluding carboxylic acids is 1. The lowest BCUT2D eigenvalue weighted by atomic mass is 10.1. The van der Waals surface area contributed by atoms with Gasteiger partial charge >= 0.3 is 0 Å². The van der Waals surface area contributed by atoms with Crippen molar-refractivity contribution in [2.45, 2.75) is 24.6 Å². The first-order valence-electron chi connectivity index (χ1n) is 8.18. The van der Waals surface area contributed by atoms with E-state index in [0.717, 1.165) is 19.4 Å². The fourth-order valence-corrected chi connectivity index (χ4v) is 4.95. The molecule has 1 aromatic rings. The molecule has 1 unspecified atom stereocenters. The Bertz CT molecular complexity index is 710. The van der Waals surface area contributed by atoms with Crippen LogP contribution in [0.2, 0.25) is 0 Å². The number of rotatable bonds is 4. The summed E-state index contributed by atoms with van der Waals surface area (Å²) in [7, 11) is -3.53. The molecule has 3 rings (SSSR count). The third-order valence-electron chi connectivity index (χ3n) is 4.56. The normalized spacial score (nSPS) is 23.5. The first kappa shape index (κ1) is 17.3. The highest BCUT2D eigenvalue weighted by Crippen LogP contribution is 2.21. The Balaban J connectivity index is 1.70. The number of nitrogens with zero attached hydrogens (tertiary/aromatic N) is 2. The molecule has 0 radical (unpaired) electrons. The van der Waals surface area contributed by atoms with Crippen LogP contribution in [0.25, 0.3) is 0 Å². The average Bonchev–Trinajstić information content (AvgIpc) is 2.55. The third-order valence-corrected chi connectivity index (χ3v) is 6.37. The summed E-state index contributed by atoms with van der Waals surface area (Å²) >= 11 is 0. The predicted molar refractivity (Wildman–Crippen MR) is 88.2 cm³/mol. The van der Waals surface area contributed by atoms with Gasteiger partial charge in [-0.25, -0.2) is 12.8 Å². The van der Waals surface area contributed by atoms with Gasteiger partial charge < -0.3 is 10.2 Å². The minimum atomic E-state index is -3.53. The highest BCUT2D eigenvalue weighted by atomic mass is 32.2. The molecule has 0 bridgehead atoms. The van der Waals surface area contributed by atoms with Gasteiger partial charge in [-0.2, -0.15) is 4.31 Å². The van der Waals surface area contributed by atoms with Crippen LogP contribution < -0.4 is 5.32 Å². The summed E-state index contributed by atoms with van der Waals surface area (Å²) in [5.74, 6) is -0.631. The van der Waals surface area contributed by atoms with Gasteiger partial charge in [-0.15, -0.1) is 0 Å². The Morgan fingerprint density at radius 1 is 1.29 bits per heavy atom. The predicted octanol–water partition coefficient (Wildman–Crippen LogP) is 0.552. The maximum Gasteiger partial charge on any atom is 0.236 e. The van der Waals surface area contributed by atoms with Crippen LogP contribution in [0, 0.1) is 5.82 Å². The van der Waals surface area contributed by atoms with Crippen molar-refractivity contribution in [3.8, 4) is 0 Å². The Labute approximate surface area is 141 Å². The van der Waals surface area contributed by atoms with Crippen LogP contribution in [0.3, 0.4) is 0 Å². The summed E-state index contributed by atoms with van der Waals surface area (Å²) in [4.78, 5) is 13.8. The Morgan fingerprint density at radius 2 is 2.12 bits per heavy atom. The lowest BCUT2D eigenvalue weighted by Crippen LogP contribution is -2.57. The first-order chi connectivity index (χ1) is 11.5. The molecule has 24 heavy (non-hydrogen) atoms. The van der Waals surface area contributed by atoms with Gasteiger partial charge in [-0.1, -0.05) is 12.1 Å². The third kappa shape index (κ3) is 3.93. The highest BCUT2D eigenvalue weighted by molar-refractivity contribution is 7.88. The standard InChI is InChI=1S/C16H22FN3O3S/c17-14-4-1-3-13(9-14)12-24(22,23)19-7-2-5-15(11-19)20-8-6-18-10-16(20)21/h1,3-4,9,15,18H,2,5-8,10-12H2. The smallest absolute Gasteiger partial charge is 0.236 e. The minimum absolute atomic E-state index is 0.0237. The zero-order valence-electron chi connectivity index (χ0n) is 13.4. The monoisotopic (exact) mass is 355 g/mol. The lowest BCUT2D eigenvalue weighted by molar-refractivity contribution is -0.135. The molecule has 0 aromatic heterocycles. The number of carbonyl (C=O) groups is 1. The van der Waals surface area contributed by atoms with Crippen LogP contribution in [-0.4, -0.2) is 62.3 Å². The van der Waals surface area contributed by atoms with Crippen molar-refractivity contribution in [2.24, 2.45) is 0 Å². The first-order valence-corrected chi connectivity index (χ1v) is 9.79. The van der Waals surface area contributed by atoms with E-state index in [9.17, 15) is 17.6 Å². The Hall–Kier alpha value is -1.51. The van der Waals surface area contributed by atoms with Crippen LogP contribution in [-0.2, 0) is 20.6 Å². The van der Waals surface area contributed by atoms with Gasteiger partial charge in [0.15, 0.2) is 0 Å². The van der Waals surface area contributed by atoms with Crippen molar-refractivity contribution in [2.75, 3.05) is 32.7 Å². The molecular weight excluding hydrogens is 333 g/mol. The van der Waals surface area contributed by atoms with E-state index in [1.165, 1.54) is 22.5 Å². The molecule has 1 aromatic carbocycles. The fourth-order valence-electron chi connectivity index (χ4n) is 3.36. The van der Waals surface area contributed by atoms with Crippen LogP contribution in [0.4, 0.5) is 4.39 Å². The number of sulfonamides is 1. The average molecular weight is 355 g/mol. The van der Waals surface area contributed by atoms with E-state index in [4.69, 9.17) is 0 Å². The minimum Gasteiger partial charge on any atom is -0.336 e. The van der Waals surface area contributed by atoms with Crippen molar-refractivity contribution >= 4 is 15.9 Å². The Morgan fingerprint density at radius 3 is 2.88 bits per heavy atom. The van der Waals surface area contributed by atoms with Gasteiger partial charge in [-0.3, -0.25) is 4.79 Å². The molecule has 1 N–H and O–H groups in total. The number of hydrogen-bond donors (Lipinski definition) is 1. The van der Waals surface area contributed by atoms with E-state index in [-0.39, 0.29) is 17.7 Å². The number of amides is 1. The van der Waals surface area contributed by atoms with Crippen molar-refractivity contribution in [3.63, 3.8) is 0 Å². The highest BCUT2D eigenvalue weighted by Gasteiger charge is 2.34. The van der Waals surface area contributed by atoms with E-state index in [1.807, 2.05) is 0 Å². The zero-order chi connectivity index (χ0) is 17.2. The Kier molecular flexibility index (Phi) is 5.17. The maximum absolute atomic E-state index is 13.3. The second kappa shape index (κ2) is 7.16. The van der Waals surface area contributed by atoms with Crippen LogP contribution >= 0.6 is 0 Å². The number of halogens is 1. The van der Waals surface area contributed by atoms with E-state index in [0.29, 0.717) is 31.7 Å². The molecule has 8 heteroatoms. The van der Waals surface area contributed by atoms with E-state index in [1.54, 1.807) is 11.0 Å². The SMILES string of the molecule is O=C1CNCCN1C1CCCN(S(=O)(=O)Cc2cccc(F)c2)C1. The van der Waals surface area contributed by atoms with Crippen molar-refractivity contribution in [1.29, 1.82) is 0 Å². The number of piperazine rings is 1. The van der Waals surface area contributed by atoms with Gasteiger partial charge in [0.1, 0.15) is 5.82 Å². The van der Waals surface area contributed by atoms with Crippen molar-refractivity contribution < 1.29 is 17.6 Å². The van der Waals surface area contributed by atoms with Gasteiger partial charge in [-0.05, 0) is 30.5 Å². The molecule has 6 nitrogen and oxygen atoms in total. The summed E-state index contributed by atoms with van der Waals surface area (Å²) in [5, 5.41) is 3.02. The second-order valence-corrected chi connectivity index (χ2v) is 8.27. The summed E-state index contributed by atoms with van der Waals surface area (Å²) < 4.78 is 40.0. The van der Waals surface area contributed by atoms with Crippen LogP contribution in [0.1, 0.15) is 18.4 Å². The topological polar surface area (TPSA) is 69.7 Å². The number of piperidine rings is 1. The van der Waals surface area contributed by atoms with E-state index < -0.39 is 15.8 Å². The largest absolute Gasteiger partial charge is 0.336 e. The molecule has 2 saturated heterocycles. The molecule has 2 aliphatic rings. The zero-order valence-corrected chi connectivity index (χ0v) is 14.3. The van der Waals surface area contributed by atoms with E-state index >= 15 is 0 Å². The molecular formula is C16H22FN3O3S. The quantitative estimate of drug-likeness (QED) is 0.856. The molecule has 2 aliphatic heterocycles. The number of benzene rings is 1. The lowest BCUT2D eigenvalue weighted by Gasteiger charge is -2.40. The summed E-state index contributed by atoms with van der Waals surface area (Å²) in [6.07, 6.45) is 1.54. The second-order valence-electron chi connectivity index (χ2n) is 6.30. The molecule has 2 heterocycles. The molecule has 0 spiro atoms. The van der Waals surface area contributed by atoms with Crippen molar-refractivity contribution in [1.82, 2.24) is 14.5 Å². The van der Waals surface area contributed by atoms with E-state index in [2.05, 4.69) is 5.32 Å². The molecule has 0 saturated carbocycles. The summed E-state index contributed by atoms with van der Waals surface area (Å²) in [5.41, 5.74) is 0.440. The molecule has 132 valence electrons. The molecule has 0 aliphatic carbocycles. The number of nitrogens with one attached hydrogen (secondary N) is 1. The van der Waals surface area contributed by atoms with Crippen molar-refractivity contribution in [3.05, 3.63) is 35.6 Å². The summed E-state index contributed by atoms with van der Waals surface area (Å²) in [6, 6.07) is 5.60. The van der Waals surface area contributed by atoms with Gasteiger partial charge in [0.25, 0.3) is 0 Å². The van der Waals surface area contributed by atoms with Crippen LogP contribution in [0.15, 0.2) is 24.3 Å². The fraction of sp³-hybridized carbons (Fsp3) is 0.562. The maximum atomic E-state index is 13.3. The molecule has 2 fully saturated rings. The number of hydrogen-bond acceptors (Lipinski definition) is 4. The molecule has 1 atom stereocenters. The van der Waals surface area contributed by atoms with Gasteiger partial charge in [0.05, 0.1) is 12.3 Å². The van der Waals surface area contributed by atoms with Crippen LogP contribution in [0.5, 0.6) is 0 Å². The van der Waals surface area contributed by atoms with Gasteiger partial charge in [0, 0.05) is 32.2 Å². The van der Waals surface area contributed by atoms with Gasteiger partial charge in [0.2, 0.25) is 15.9 Å².